The van der Waals surface area contributed by atoms with Gasteiger partial charge in [0.25, 0.3) is 0 Å². The van der Waals surface area contributed by atoms with Crippen molar-refractivity contribution >= 4 is 5.69 Å². The highest BCUT2D eigenvalue weighted by atomic mass is 19.1. The molecule has 0 saturated heterocycles. The van der Waals surface area contributed by atoms with Crippen molar-refractivity contribution in [3.8, 4) is 11.5 Å². The summed E-state index contributed by atoms with van der Waals surface area (Å²) in [7, 11) is 0. The maximum Gasteiger partial charge on any atom is 0.311 e. The fourth-order valence-electron chi connectivity index (χ4n) is 1.80. The van der Waals surface area contributed by atoms with E-state index in [0.29, 0.717) is 11.1 Å². The number of rotatable bonds is 4. The molecular formula is C14H12FNO4. The molecule has 0 aliphatic rings. The third-order valence-corrected chi connectivity index (χ3v) is 2.72. The third kappa shape index (κ3) is 2.92. The van der Waals surface area contributed by atoms with Gasteiger partial charge in [0, 0.05) is 12.1 Å². The number of ether oxygens (including phenoxy) is 1. The van der Waals surface area contributed by atoms with E-state index in [4.69, 9.17) is 9.84 Å². The Labute approximate surface area is 114 Å². The minimum atomic E-state index is -0.581. The number of aryl methyl sites for hydroxylation is 1. The van der Waals surface area contributed by atoms with Crippen molar-refractivity contribution in [3.63, 3.8) is 0 Å². The number of benzene rings is 2. The molecule has 20 heavy (non-hydrogen) atoms. The second-order valence-electron chi connectivity index (χ2n) is 4.24. The monoisotopic (exact) mass is 277 g/mol. The second kappa shape index (κ2) is 5.66. The molecule has 0 aromatic heterocycles. The number of aliphatic hydroxyl groups excluding tert-OH is 1. The normalized spacial score (nSPS) is 10.3. The van der Waals surface area contributed by atoms with E-state index in [9.17, 15) is 14.5 Å². The Morgan fingerprint density at radius 2 is 2.10 bits per heavy atom. The summed E-state index contributed by atoms with van der Waals surface area (Å²) in [5.41, 5.74) is 0.699. The van der Waals surface area contributed by atoms with Gasteiger partial charge in [-0.3, -0.25) is 10.1 Å². The zero-order valence-corrected chi connectivity index (χ0v) is 10.7. The van der Waals surface area contributed by atoms with E-state index >= 15 is 0 Å². The van der Waals surface area contributed by atoms with Gasteiger partial charge < -0.3 is 9.84 Å². The van der Waals surface area contributed by atoms with Crippen molar-refractivity contribution in [2.24, 2.45) is 0 Å². The Kier molecular flexibility index (Phi) is 3.95. The molecule has 0 spiro atoms. The van der Waals surface area contributed by atoms with Gasteiger partial charge in [0.05, 0.1) is 11.5 Å². The maximum absolute atomic E-state index is 13.4. The molecule has 0 aliphatic heterocycles. The molecule has 0 radical (unpaired) electrons. The first-order chi connectivity index (χ1) is 9.51. The van der Waals surface area contributed by atoms with Crippen LogP contribution in [0.3, 0.4) is 0 Å². The van der Waals surface area contributed by atoms with Crippen molar-refractivity contribution in [1.82, 2.24) is 0 Å². The largest absolute Gasteiger partial charge is 0.450 e. The first kappa shape index (κ1) is 14.0. The van der Waals surface area contributed by atoms with Crippen LogP contribution in [0.2, 0.25) is 0 Å². The lowest BCUT2D eigenvalue weighted by atomic mass is 10.2. The second-order valence-corrected chi connectivity index (χ2v) is 4.24. The Hall–Kier alpha value is -2.47. The van der Waals surface area contributed by atoms with Gasteiger partial charge in [0.15, 0.2) is 0 Å². The van der Waals surface area contributed by atoms with Crippen molar-refractivity contribution < 1.29 is 19.2 Å². The molecule has 2 aromatic carbocycles. The van der Waals surface area contributed by atoms with Crippen LogP contribution in [0.25, 0.3) is 0 Å². The third-order valence-electron chi connectivity index (χ3n) is 2.72. The van der Waals surface area contributed by atoms with E-state index in [1.54, 1.807) is 19.1 Å². The van der Waals surface area contributed by atoms with Crippen molar-refractivity contribution in [3.05, 3.63) is 63.5 Å². The minimum absolute atomic E-state index is 0.0620. The summed E-state index contributed by atoms with van der Waals surface area (Å²) in [5, 5.41) is 20.0. The molecule has 0 aliphatic carbocycles. The van der Waals surface area contributed by atoms with E-state index in [-0.39, 0.29) is 23.8 Å². The summed E-state index contributed by atoms with van der Waals surface area (Å²) < 4.78 is 18.8. The molecule has 2 rings (SSSR count). The number of nitrogens with zero attached hydrogens (tertiary/aromatic N) is 1. The SMILES string of the molecule is Cc1cccc([N+](=O)[O-])c1Oc1cc(F)cc(CO)c1. The zero-order chi connectivity index (χ0) is 14.7. The number of nitro groups is 1. The van der Waals surface area contributed by atoms with Crippen LogP contribution in [0.1, 0.15) is 11.1 Å². The van der Waals surface area contributed by atoms with Crippen LogP contribution in [0.15, 0.2) is 36.4 Å². The summed E-state index contributed by atoms with van der Waals surface area (Å²) in [4.78, 5) is 10.4. The fraction of sp³-hybridized carbons (Fsp3) is 0.143. The molecule has 6 heteroatoms. The predicted octanol–water partition coefficient (Wildman–Crippen LogP) is 3.33. The van der Waals surface area contributed by atoms with Gasteiger partial charge in [-0.05, 0) is 30.2 Å². The molecule has 0 atom stereocenters. The topological polar surface area (TPSA) is 72.6 Å². The van der Waals surface area contributed by atoms with Crippen LogP contribution < -0.4 is 4.74 Å². The molecule has 1 N–H and O–H groups in total. The Morgan fingerprint density at radius 1 is 1.35 bits per heavy atom. The average Bonchev–Trinajstić information content (AvgIpc) is 2.40. The Balaban J connectivity index is 2.44. The van der Waals surface area contributed by atoms with Gasteiger partial charge in [-0.25, -0.2) is 4.39 Å². The van der Waals surface area contributed by atoms with Crippen molar-refractivity contribution in [2.45, 2.75) is 13.5 Å². The van der Waals surface area contributed by atoms with Gasteiger partial charge in [-0.2, -0.15) is 0 Å². The molecule has 5 nitrogen and oxygen atoms in total. The van der Waals surface area contributed by atoms with Crippen LogP contribution in [0.5, 0.6) is 11.5 Å². The van der Waals surface area contributed by atoms with Crippen LogP contribution in [-0.2, 0) is 6.61 Å². The molecule has 0 saturated carbocycles. The summed E-state index contributed by atoms with van der Waals surface area (Å²) in [6.45, 7) is 1.32. The van der Waals surface area contributed by atoms with Crippen LogP contribution in [0, 0.1) is 22.9 Å². The number of hydrogen-bond donors (Lipinski definition) is 1. The number of halogens is 1. The lowest BCUT2D eigenvalue weighted by Crippen LogP contribution is -1.96. The highest BCUT2D eigenvalue weighted by molar-refractivity contribution is 5.53. The zero-order valence-electron chi connectivity index (χ0n) is 10.7. The van der Waals surface area contributed by atoms with E-state index in [1.165, 1.54) is 18.2 Å². The maximum atomic E-state index is 13.4. The molecule has 0 bridgehead atoms. The van der Waals surface area contributed by atoms with Crippen LogP contribution >= 0.6 is 0 Å². The minimum Gasteiger partial charge on any atom is -0.450 e. The summed E-state index contributed by atoms with van der Waals surface area (Å²) >= 11 is 0. The van der Waals surface area contributed by atoms with Crippen molar-refractivity contribution in [2.75, 3.05) is 0 Å². The van der Waals surface area contributed by atoms with Gasteiger partial charge in [-0.1, -0.05) is 12.1 Å². The Morgan fingerprint density at radius 3 is 2.75 bits per heavy atom. The first-order valence-electron chi connectivity index (χ1n) is 5.83. The van der Waals surface area contributed by atoms with Gasteiger partial charge >= 0.3 is 5.69 Å². The summed E-state index contributed by atoms with van der Waals surface area (Å²) in [6, 6.07) is 8.22. The van der Waals surface area contributed by atoms with E-state index in [0.717, 1.165) is 6.07 Å². The van der Waals surface area contributed by atoms with Crippen LogP contribution in [0.4, 0.5) is 10.1 Å². The lowest BCUT2D eigenvalue weighted by Gasteiger charge is -2.10. The fourth-order valence-corrected chi connectivity index (χ4v) is 1.80. The molecule has 2 aromatic rings. The summed E-state index contributed by atoms with van der Waals surface area (Å²) in [5.74, 6) is -0.416. The molecule has 0 heterocycles. The van der Waals surface area contributed by atoms with E-state index in [1.807, 2.05) is 0 Å². The smallest absolute Gasteiger partial charge is 0.311 e. The molecular weight excluding hydrogens is 265 g/mol. The standard InChI is InChI=1S/C14H12FNO4/c1-9-3-2-4-13(16(18)19)14(9)20-12-6-10(8-17)5-11(15)7-12/h2-7,17H,8H2,1H3. The quantitative estimate of drug-likeness (QED) is 0.687. The number of aliphatic hydroxyl groups is 1. The predicted molar refractivity (Wildman–Crippen MR) is 70.2 cm³/mol. The first-order valence-corrected chi connectivity index (χ1v) is 5.83. The molecule has 0 amide bonds. The Bertz CT molecular complexity index is 658. The molecule has 0 fully saturated rings. The van der Waals surface area contributed by atoms with Crippen molar-refractivity contribution in [1.29, 1.82) is 0 Å². The molecule has 0 unspecified atom stereocenters. The van der Waals surface area contributed by atoms with E-state index in [2.05, 4.69) is 0 Å². The molecule has 104 valence electrons. The average molecular weight is 277 g/mol. The summed E-state index contributed by atoms with van der Waals surface area (Å²) in [6.07, 6.45) is 0. The highest BCUT2D eigenvalue weighted by Crippen LogP contribution is 2.34. The van der Waals surface area contributed by atoms with Crippen LogP contribution in [-0.4, -0.2) is 10.0 Å². The number of hydrogen-bond acceptors (Lipinski definition) is 4. The lowest BCUT2D eigenvalue weighted by molar-refractivity contribution is -0.385. The highest BCUT2D eigenvalue weighted by Gasteiger charge is 2.18. The van der Waals surface area contributed by atoms with Gasteiger partial charge in [0.1, 0.15) is 11.6 Å². The van der Waals surface area contributed by atoms with E-state index < -0.39 is 10.7 Å². The number of para-hydroxylation sites is 1. The van der Waals surface area contributed by atoms with Gasteiger partial charge in [0.2, 0.25) is 5.75 Å². The number of nitro benzene ring substituents is 1. The van der Waals surface area contributed by atoms with Gasteiger partial charge in [-0.15, -0.1) is 0 Å².